The Hall–Kier alpha value is -0.790. The van der Waals surface area contributed by atoms with E-state index in [1.54, 1.807) is 0 Å². The van der Waals surface area contributed by atoms with E-state index in [-0.39, 0.29) is 30.9 Å². The number of carbonyl (C=O) groups excluding carboxylic acids is 1. The first-order valence-electron chi connectivity index (χ1n) is 3.72. The first-order chi connectivity index (χ1) is 5.34. The molecule has 1 fully saturated rings. The van der Waals surface area contributed by atoms with Crippen LogP contribution in [-0.4, -0.2) is 25.0 Å². The predicted octanol–water partition coefficient (Wildman–Crippen LogP) is -0.200. The maximum atomic E-state index is 11.1. The maximum absolute atomic E-state index is 11.1. The summed E-state index contributed by atoms with van der Waals surface area (Å²) in [7, 11) is 0. The van der Waals surface area contributed by atoms with Crippen LogP contribution >= 0.6 is 12.4 Å². The maximum Gasteiger partial charge on any atom is 0.237 e. The molecule has 1 rings (SSSR count). The van der Waals surface area contributed by atoms with Crippen LogP contribution in [0.25, 0.3) is 0 Å². The molecule has 0 saturated carbocycles. The van der Waals surface area contributed by atoms with Crippen LogP contribution in [0.5, 0.6) is 0 Å². The Balaban J connectivity index is 0.00000121. The number of nitrogens with one attached hydrogen (secondary N) is 2. The minimum Gasteiger partial charge on any atom is -0.342 e. The number of halogens is 1. The normalized spacial score (nSPS) is 20.8. The second kappa shape index (κ2) is 5.81. The Bertz CT molecular complexity index is 184. The van der Waals surface area contributed by atoms with E-state index in [1.807, 2.05) is 6.07 Å². The second-order valence-corrected chi connectivity index (χ2v) is 2.52. The Labute approximate surface area is 77.7 Å². The Morgan fingerprint density at radius 2 is 2.50 bits per heavy atom. The minimum atomic E-state index is -0.0663. The van der Waals surface area contributed by atoms with Crippen molar-refractivity contribution in [1.29, 1.82) is 5.26 Å². The first kappa shape index (κ1) is 11.2. The second-order valence-electron chi connectivity index (χ2n) is 2.52. The third kappa shape index (κ3) is 3.07. The summed E-state index contributed by atoms with van der Waals surface area (Å²) in [6.07, 6.45) is 1.93. The van der Waals surface area contributed by atoms with E-state index in [0.717, 1.165) is 19.4 Å². The van der Waals surface area contributed by atoms with Crippen LogP contribution in [-0.2, 0) is 4.79 Å². The minimum absolute atomic E-state index is 0. The summed E-state index contributed by atoms with van der Waals surface area (Å²) in [4.78, 5) is 11.1. The van der Waals surface area contributed by atoms with Crippen molar-refractivity contribution in [2.75, 3.05) is 13.1 Å². The molecule has 12 heavy (non-hydrogen) atoms. The van der Waals surface area contributed by atoms with Gasteiger partial charge in [0.25, 0.3) is 0 Å². The molecule has 1 saturated heterocycles. The third-order valence-corrected chi connectivity index (χ3v) is 1.72. The topological polar surface area (TPSA) is 64.9 Å². The molecule has 0 spiro atoms. The van der Waals surface area contributed by atoms with Gasteiger partial charge >= 0.3 is 0 Å². The Kier molecular flexibility index (Phi) is 5.43. The third-order valence-electron chi connectivity index (χ3n) is 1.72. The molecule has 4 nitrogen and oxygen atoms in total. The molecule has 0 bridgehead atoms. The van der Waals surface area contributed by atoms with Crippen LogP contribution < -0.4 is 10.6 Å². The first-order valence-corrected chi connectivity index (χ1v) is 3.72. The van der Waals surface area contributed by atoms with Gasteiger partial charge in [-0.15, -0.1) is 12.4 Å². The van der Waals surface area contributed by atoms with Gasteiger partial charge in [0.05, 0.1) is 12.1 Å². The van der Waals surface area contributed by atoms with Gasteiger partial charge in [-0.25, -0.2) is 0 Å². The van der Waals surface area contributed by atoms with Crippen molar-refractivity contribution in [1.82, 2.24) is 10.6 Å². The smallest absolute Gasteiger partial charge is 0.237 e. The highest BCUT2D eigenvalue weighted by Crippen LogP contribution is 2.03. The number of amides is 1. The molecule has 0 radical (unpaired) electrons. The molecular formula is C7H12ClN3O. The van der Waals surface area contributed by atoms with Crippen molar-refractivity contribution in [3.8, 4) is 6.07 Å². The average molecular weight is 190 g/mol. The van der Waals surface area contributed by atoms with E-state index in [4.69, 9.17) is 5.26 Å². The van der Waals surface area contributed by atoms with Crippen LogP contribution in [0.3, 0.4) is 0 Å². The number of nitriles is 1. The Morgan fingerprint density at radius 3 is 3.00 bits per heavy atom. The van der Waals surface area contributed by atoms with Crippen LogP contribution in [0.4, 0.5) is 0 Å². The van der Waals surface area contributed by atoms with E-state index in [9.17, 15) is 4.79 Å². The van der Waals surface area contributed by atoms with Gasteiger partial charge in [0.1, 0.15) is 6.54 Å². The lowest BCUT2D eigenvalue weighted by Gasteiger charge is -2.07. The quantitative estimate of drug-likeness (QED) is 0.592. The molecule has 1 heterocycles. The van der Waals surface area contributed by atoms with E-state index in [1.165, 1.54) is 0 Å². The van der Waals surface area contributed by atoms with Gasteiger partial charge in [0.15, 0.2) is 0 Å². The number of hydrogen-bond acceptors (Lipinski definition) is 3. The van der Waals surface area contributed by atoms with Crippen LogP contribution in [0.15, 0.2) is 0 Å². The summed E-state index contributed by atoms with van der Waals surface area (Å²) in [6.45, 7) is 1.02. The van der Waals surface area contributed by atoms with Gasteiger partial charge in [0.2, 0.25) is 5.91 Å². The molecule has 0 aliphatic carbocycles. The molecule has 1 aliphatic rings. The van der Waals surface area contributed by atoms with E-state index >= 15 is 0 Å². The lowest BCUT2D eigenvalue weighted by atomic mass is 10.2. The Morgan fingerprint density at radius 1 is 1.75 bits per heavy atom. The van der Waals surface area contributed by atoms with Gasteiger partial charge in [-0.05, 0) is 19.4 Å². The molecule has 0 aromatic rings. The zero-order chi connectivity index (χ0) is 8.10. The van der Waals surface area contributed by atoms with Crippen LogP contribution in [0.2, 0.25) is 0 Å². The summed E-state index contributed by atoms with van der Waals surface area (Å²) < 4.78 is 0. The molecule has 2 N–H and O–H groups in total. The molecule has 68 valence electrons. The van der Waals surface area contributed by atoms with E-state index < -0.39 is 0 Å². The predicted molar refractivity (Wildman–Crippen MR) is 46.9 cm³/mol. The number of nitrogens with zero attached hydrogens (tertiary/aromatic N) is 1. The highest BCUT2D eigenvalue weighted by Gasteiger charge is 2.20. The average Bonchev–Trinajstić information content (AvgIpc) is 2.52. The lowest BCUT2D eigenvalue weighted by molar-refractivity contribution is -0.122. The molecule has 1 aliphatic heterocycles. The zero-order valence-corrected chi connectivity index (χ0v) is 7.49. The lowest BCUT2D eigenvalue weighted by Crippen LogP contribution is -2.40. The zero-order valence-electron chi connectivity index (χ0n) is 6.67. The SMILES string of the molecule is Cl.N#CCNC(=O)C1CCCN1. The summed E-state index contributed by atoms with van der Waals surface area (Å²) in [5.74, 6) is -0.0518. The van der Waals surface area contributed by atoms with Gasteiger partial charge in [-0.3, -0.25) is 4.79 Å². The molecule has 0 aromatic carbocycles. The summed E-state index contributed by atoms with van der Waals surface area (Å²) in [5, 5.41) is 13.7. The standard InChI is InChI=1S/C7H11N3O.ClH/c8-3-5-10-7(11)6-2-1-4-9-6;/h6,9H,1-2,4-5H2,(H,10,11);1H. The molecule has 1 atom stereocenters. The summed E-state index contributed by atoms with van der Waals surface area (Å²) in [5.41, 5.74) is 0. The van der Waals surface area contributed by atoms with Crippen molar-refractivity contribution < 1.29 is 4.79 Å². The molecule has 0 aromatic heterocycles. The fourth-order valence-corrected chi connectivity index (χ4v) is 1.16. The molecule has 5 heteroatoms. The summed E-state index contributed by atoms with van der Waals surface area (Å²) >= 11 is 0. The summed E-state index contributed by atoms with van der Waals surface area (Å²) in [6, 6.07) is 1.80. The fourth-order valence-electron chi connectivity index (χ4n) is 1.16. The molecule has 1 amide bonds. The van der Waals surface area contributed by atoms with Crippen molar-refractivity contribution in [3.05, 3.63) is 0 Å². The van der Waals surface area contributed by atoms with Gasteiger partial charge in [0, 0.05) is 0 Å². The van der Waals surface area contributed by atoms with Crippen molar-refractivity contribution in [2.24, 2.45) is 0 Å². The number of rotatable bonds is 2. The van der Waals surface area contributed by atoms with Crippen LogP contribution in [0, 0.1) is 11.3 Å². The van der Waals surface area contributed by atoms with Gasteiger partial charge in [-0.1, -0.05) is 0 Å². The largest absolute Gasteiger partial charge is 0.342 e. The highest BCUT2D eigenvalue weighted by molar-refractivity contribution is 5.85. The molecule has 1 unspecified atom stereocenters. The highest BCUT2D eigenvalue weighted by atomic mass is 35.5. The number of carbonyl (C=O) groups is 1. The molecular weight excluding hydrogens is 178 g/mol. The van der Waals surface area contributed by atoms with Crippen molar-refractivity contribution in [3.63, 3.8) is 0 Å². The van der Waals surface area contributed by atoms with E-state index in [2.05, 4.69) is 10.6 Å². The fraction of sp³-hybridized carbons (Fsp3) is 0.714. The van der Waals surface area contributed by atoms with Gasteiger partial charge < -0.3 is 10.6 Å². The van der Waals surface area contributed by atoms with Crippen LogP contribution in [0.1, 0.15) is 12.8 Å². The monoisotopic (exact) mass is 189 g/mol. The van der Waals surface area contributed by atoms with Crippen molar-refractivity contribution >= 4 is 18.3 Å². The van der Waals surface area contributed by atoms with Gasteiger partial charge in [-0.2, -0.15) is 5.26 Å². The number of hydrogen-bond donors (Lipinski definition) is 2. The van der Waals surface area contributed by atoms with Crippen molar-refractivity contribution in [2.45, 2.75) is 18.9 Å². The van der Waals surface area contributed by atoms with E-state index in [0.29, 0.717) is 0 Å².